The number of carbonyl (C=O) groups is 2. The van der Waals surface area contributed by atoms with E-state index in [1.165, 1.54) is 28.1 Å². The van der Waals surface area contributed by atoms with Gasteiger partial charge in [0, 0.05) is 31.0 Å². The SMILES string of the molecule is COc1cc(NC(C)=O)c(-c2cc(C)c(O)c(Cl)c2NC(C)=O)cc1OC. The molecule has 3 N–H and O–H groups in total. The van der Waals surface area contributed by atoms with Gasteiger partial charge in [-0.1, -0.05) is 11.6 Å². The Morgan fingerprint density at radius 1 is 0.963 bits per heavy atom. The van der Waals surface area contributed by atoms with Gasteiger partial charge in [0.2, 0.25) is 11.8 Å². The number of methoxy groups -OCH3 is 2. The van der Waals surface area contributed by atoms with Crippen molar-refractivity contribution >= 4 is 34.8 Å². The highest BCUT2D eigenvalue weighted by atomic mass is 35.5. The van der Waals surface area contributed by atoms with E-state index in [9.17, 15) is 14.7 Å². The highest BCUT2D eigenvalue weighted by Gasteiger charge is 2.21. The average Bonchev–Trinajstić information content (AvgIpc) is 2.61. The molecule has 144 valence electrons. The summed E-state index contributed by atoms with van der Waals surface area (Å²) < 4.78 is 10.7. The second-order valence-electron chi connectivity index (χ2n) is 5.89. The lowest BCUT2D eigenvalue weighted by Crippen LogP contribution is -2.10. The molecule has 0 saturated carbocycles. The number of carbonyl (C=O) groups excluding carboxylic acids is 2. The monoisotopic (exact) mass is 392 g/mol. The lowest BCUT2D eigenvalue weighted by molar-refractivity contribution is -0.115. The van der Waals surface area contributed by atoms with Gasteiger partial charge in [0.15, 0.2) is 11.5 Å². The number of amides is 2. The van der Waals surface area contributed by atoms with Crippen LogP contribution in [0.5, 0.6) is 17.2 Å². The fraction of sp³-hybridized carbons (Fsp3) is 0.263. The third-order valence-electron chi connectivity index (χ3n) is 3.86. The van der Waals surface area contributed by atoms with E-state index in [1.54, 1.807) is 25.1 Å². The molecule has 27 heavy (non-hydrogen) atoms. The second kappa shape index (κ2) is 8.18. The molecule has 2 amide bonds. The summed E-state index contributed by atoms with van der Waals surface area (Å²) in [5.74, 6) is 0.0738. The third kappa shape index (κ3) is 4.25. The summed E-state index contributed by atoms with van der Waals surface area (Å²) in [6.07, 6.45) is 0. The van der Waals surface area contributed by atoms with E-state index in [4.69, 9.17) is 21.1 Å². The molecule has 0 bridgehead atoms. The predicted molar refractivity (Wildman–Crippen MR) is 105 cm³/mol. The van der Waals surface area contributed by atoms with Crippen molar-refractivity contribution in [1.29, 1.82) is 0 Å². The van der Waals surface area contributed by atoms with Gasteiger partial charge in [-0.15, -0.1) is 0 Å². The second-order valence-corrected chi connectivity index (χ2v) is 6.27. The minimum Gasteiger partial charge on any atom is -0.506 e. The zero-order valence-electron chi connectivity index (χ0n) is 15.7. The van der Waals surface area contributed by atoms with Gasteiger partial charge in [-0.2, -0.15) is 0 Å². The van der Waals surface area contributed by atoms with Gasteiger partial charge >= 0.3 is 0 Å². The summed E-state index contributed by atoms with van der Waals surface area (Å²) in [5, 5.41) is 15.6. The molecule has 0 atom stereocenters. The molecule has 8 heteroatoms. The first-order valence-corrected chi connectivity index (χ1v) is 8.41. The van der Waals surface area contributed by atoms with Crippen LogP contribution in [-0.4, -0.2) is 31.1 Å². The molecular formula is C19H21ClN2O5. The molecular weight excluding hydrogens is 372 g/mol. The number of halogens is 1. The van der Waals surface area contributed by atoms with E-state index in [-0.39, 0.29) is 28.3 Å². The summed E-state index contributed by atoms with van der Waals surface area (Å²) >= 11 is 6.28. The number of aromatic hydroxyl groups is 1. The molecule has 0 aliphatic carbocycles. The minimum absolute atomic E-state index is 0.00348. The van der Waals surface area contributed by atoms with Crippen LogP contribution in [0.1, 0.15) is 19.4 Å². The maximum absolute atomic E-state index is 11.7. The van der Waals surface area contributed by atoms with Gasteiger partial charge < -0.3 is 25.2 Å². The van der Waals surface area contributed by atoms with Gasteiger partial charge in [0.25, 0.3) is 0 Å². The fourth-order valence-corrected chi connectivity index (χ4v) is 2.97. The molecule has 0 aliphatic heterocycles. The molecule has 0 fully saturated rings. The number of benzene rings is 2. The van der Waals surface area contributed by atoms with Gasteiger partial charge in [-0.25, -0.2) is 0 Å². The van der Waals surface area contributed by atoms with E-state index in [0.29, 0.717) is 33.9 Å². The predicted octanol–water partition coefficient (Wildman–Crippen LogP) is 3.96. The van der Waals surface area contributed by atoms with Crippen molar-refractivity contribution in [3.8, 4) is 28.4 Å². The van der Waals surface area contributed by atoms with Crippen LogP contribution in [0.15, 0.2) is 18.2 Å². The quantitative estimate of drug-likeness (QED) is 0.715. The summed E-state index contributed by atoms with van der Waals surface area (Å²) in [7, 11) is 2.98. The van der Waals surface area contributed by atoms with Crippen molar-refractivity contribution in [3.63, 3.8) is 0 Å². The summed E-state index contributed by atoms with van der Waals surface area (Å²) in [6, 6.07) is 4.94. The van der Waals surface area contributed by atoms with Crippen LogP contribution >= 0.6 is 11.6 Å². The Morgan fingerprint density at radius 2 is 1.52 bits per heavy atom. The molecule has 0 saturated heterocycles. The van der Waals surface area contributed by atoms with E-state index in [2.05, 4.69) is 10.6 Å². The number of phenols is 1. The van der Waals surface area contributed by atoms with Crippen LogP contribution in [0.4, 0.5) is 11.4 Å². The molecule has 2 aromatic carbocycles. The van der Waals surface area contributed by atoms with Crippen LogP contribution in [0.2, 0.25) is 5.02 Å². The van der Waals surface area contributed by atoms with E-state index in [1.807, 2.05) is 0 Å². The topological polar surface area (TPSA) is 96.9 Å². The summed E-state index contributed by atoms with van der Waals surface area (Å²) in [5.41, 5.74) is 2.22. The summed E-state index contributed by atoms with van der Waals surface area (Å²) in [6.45, 7) is 4.39. The number of phenolic OH excluding ortho intramolecular Hbond substituents is 1. The Labute approximate surface area is 162 Å². The number of aryl methyl sites for hydroxylation is 1. The fourth-order valence-electron chi connectivity index (χ4n) is 2.67. The van der Waals surface area contributed by atoms with Gasteiger partial charge in [0.05, 0.1) is 25.6 Å². The summed E-state index contributed by atoms with van der Waals surface area (Å²) in [4.78, 5) is 23.3. The number of nitrogens with one attached hydrogen (secondary N) is 2. The molecule has 2 aromatic rings. The number of ether oxygens (including phenoxy) is 2. The highest BCUT2D eigenvalue weighted by Crippen LogP contribution is 2.46. The first-order valence-electron chi connectivity index (χ1n) is 8.03. The zero-order chi connectivity index (χ0) is 20.3. The van der Waals surface area contributed by atoms with Crippen molar-refractivity contribution in [2.24, 2.45) is 0 Å². The zero-order valence-corrected chi connectivity index (χ0v) is 16.4. The lowest BCUT2D eigenvalue weighted by Gasteiger charge is -2.20. The van der Waals surface area contributed by atoms with Crippen molar-refractivity contribution < 1.29 is 24.2 Å². The Bertz CT molecular complexity index is 912. The van der Waals surface area contributed by atoms with E-state index >= 15 is 0 Å². The van der Waals surface area contributed by atoms with Crippen LogP contribution in [-0.2, 0) is 9.59 Å². The number of hydrogen-bond donors (Lipinski definition) is 3. The Balaban J connectivity index is 2.86. The number of rotatable bonds is 5. The third-order valence-corrected chi connectivity index (χ3v) is 4.22. The van der Waals surface area contributed by atoms with Gasteiger partial charge in [0.1, 0.15) is 10.8 Å². The normalized spacial score (nSPS) is 10.3. The lowest BCUT2D eigenvalue weighted by atomic mass is 9.97. The first kappa shape index (κ1) is 20.4. The van der Waals surface area contributed by atoms with E-state index in [0.717, 1.165) is 0 Å². The van der Waals surface area contributed by atoms with Crippen molar-refractivity contribution in [3.05, 3.63) is 28.8 Å². The Hall–Kier alpha value is -2.93. The van der Waals surface area contributed by atoms with Crippen LogP contribution in [0.25, 0.3) is 11.1 Å². The smallest absolute Gasteiger partial charge is 0.221 e. The van der Waals surface area contributed by atoms with Gasteiger partial charge in [-0.05, 0) is 24.6 Å². The van der Waals surface area contributed by atoms with E-state index < -0.39 is 0 Å². The molecule has 0 unspecified atom stereocenters. The number of hydrogen-bond acceptors (Lipinski definition) is 5. The van der Waals surface area contributed by atoms with Crippen LogP contribution in [0, 0.1) is 6.92 Å². The molecule has 2 rings (SSSR count). The van der Waals surface area contributed by atoms with Crippen LogP contribution in [0.3, 0.4) is 0 Å². The maximum Gasteiger partial charge on any atom is 0.221 e. The molecule has 0 aliphatic rings. The van der Waals surface area contributed by atoms with Crippen LogP contribution < -0.4 is 20.1 Å². The Kier molecular flexibility index (Phi) is 6.17. The molecule has 7 nitrogen and oxygen atoms in total. The standard InChI is InChI=1S/C19H21ClN2O5/c1-9-6-13(18(22-11(3)24)17(20)19(9)25)12-7-15(26-4)16(27-5)8-14(12)21-10(2)23/h6-8,25H,1-5H3,(H,21,23)(H,22,24). The van der Waals surface area contributed by atoms with Gasteiger partial charge in [-0.3, -0.25) is 9.59 Å². The molecule has 0 spiro atoms. The molecule has 0 aromatic heterocycles. The first-order chi connectivity index (χ1) is 12.7. The number of anilines is 2. The van der Waals surface area contributed by atoms with Crippen molar-refractivity contribution in [1.82, 2.24) is 0 Å². The molecule has 0 heterocycles. The largest absolute Gasteiger partial charge is 0.506 e. The maximum atomic E-state index is 11.7. The van der Waals surface area contributed by atoms with Crippen molar-refractivity contribution in [2.45, 2.75) is 20.8 Å². The average molecular weight is 393 g/mol. The highest BCUT2D eigenvalue weighted by molar-refractivity contribution is 6.36. The minimum atomic E-state index is -0.358. The molecule has 0 radical (unpaired) electrons. The Morgan fingerprint density at radius 3 is 2.04 bits per heavy atom. The van der Waals surface area contributed by atoms with Crippen molar-refractivity contribution in [2.75, 3.05) is 24.9 Å².